The molecule has 0 radical (unpaired) electrons. The van der Waals surface area contributed by atoms with Gasteiger partial charge in [0, 0.05) is 0 Å². The van der Waals surface area contributed by atoms with Crippen molar-refractivity contribution in [3.63, 3.8) is 0 Å². The molecule has 2 aliphatic rings. The molecule has 0 atom stereocenters. The molecule has 0 aromatic carbocycles. The van der Waals surface area contributed by atoms with Gasteiger partial charge >= 0.3 is 22.4 Å². The Morgan fingerprint density at radius 1 is 0.909 bits per heavy atom. The van der Waals surface area contributed by atoms with Crippen molar-refractivity contribution in [2.75, 3.05) is 0 Å². The summed E-state index contributed by atoms with van der Waals surface area (Å²) in [5.74, 6) is 0. The van der Waals surface area contributed by atoms with Crippen LogP contribution >= 0.6 is 0 Å². The van der Waals surface area contributed by atoms with Gasteiger partial charge in [-0.25, -0.2) is 24.3 Å². The van der Waals surface area contributed by atoms with Gasteiger partial charge < -0.3 is 4.28 Å². The van der Waals surface area contributed by atoms with Gasteiger partial charge in [0.05, 0.1) is 0 Å². The van der Waals surface area contributed by atoms with Crippen LogP contribution in [0.15, 0.2) is 36.5 Å². The third-order valence-electron chi connectivity index (χ3n) is 1.17. The maximum Gasteiger partial charge on any atom is 5.00 e. The summed E-state index contributed by atoms with van der Waals surface area (Å²) < 4.78 is 0. The van der Waals surface area contributed by atoms with Gasteiger partial charge in [-0.15, -0.1) is 12.8 Å². The van der Waals surface area contributed by atoms with E-state index in [1.165, 1.54) is 0 Å². The van der Waals surface area contributed by atoms with Crippen LogP contribution in [0.25, 0.3) is 0 Å². The van der Waals surface area contributed by atoms with E-state index in [2.05, 4.69) is 24.3 Å². The first-order valence-electron chi connectivity index (χ1n) is 3.43. The largest absolute Gasteiger partial charge is 5.00 e. The molecule has 1 heteroatoms. The molecule has 0 saturated carbocycles. The summed E-state index contributed by atoms with van der Waals surface area (Å²) in [4.78, 5) is 0. The third kappa shape index (κ3) is 6.11. The van der Waals surface area contributed by atoms with Crippen molar-refractivity contribution >= 4 is 0 Å². The Bertz CT molecular complexity index is 154. The third-order valence-corrected chi connectivity index (χ3v) is 1.17. The minimum atomic E-state index is 0. The van der Waals surface area contributed by atoms with Crippen molar-refractivity contribution in [2.45, 2.75) is 12.8 Å². The Hall–Kier alpha value is -0.300. The van der Waals surface area contributed by atoms with Gasteiger partial charge in [-0.3, -0.25) is 12.2 Å². The van der Waals surface area contributed by atoms with Crippen LogP contribution in [-0.2, 0) is 22.4 Å². The second-order valence-corrected chi connectivity index (χ2v) is 2.01. The Labute approximate surface area is 88.3 Å². The molecule has 0 aromatic heterocycles. The van der Waals surface area contributed by atoms with Crippen LogP contribution in [0, 0.1) is 12.2 Å². The minimum absolute atomic E-state index is 0. The Balaban J connectivity index is -0.0000000556. The Morgan fingerprint density at radius 2 is 1.36 bits per heavy atom. The Morgan fingerprint density at radius 3 is 1.45 bits per heavy atom. The molecule has 0 saturated heterocycles. The van der Waals surface area contributed by atoms with E-state index in [-0.39, 0.29) is 26.7 Å². The summed E-state index contributed by atoms with van der Waals surface area (Å²) in [5.41, 5.74) is 0. The van der Waals surface area contributed by atoms with Crippen molar-refractivity contribution < 1.29 is 26.7 Å². The van der Waals surface area contributed by atoms with Gasteiger partial charge in [0.25, 0.3) is 0 Å². The number of allylic oxidation sites excluding steroid dienone is 8. The molecule has 0 aliphatic heterocycles. The molecule has 58 valence electrons. The monoisotopic (exact) mass is 314 g/mol. The quantitative estimate of drug-likeness (QED) is 0.603. The van der Waals surface area contributed by atoms with Gasteiger partial charge in [0.1, 0.15) is 0 Å². The second kappa shape index (κ2) is 7.80. The van der Waals surface area contributed by atoms with Crippen molar-refractivity contribution in [1.82, 2.24) is 0 Å². The Kier molecular flexibility index (Phi) is 7.59. The molecule has 0 nitrogen and oxygen atoms in total. The predicted molar refractivity (Wildman–Crippen MR) is 46.5 cm³/mol. The maximum atomic E-state index is 2.99. The molecule has 0 bridgehead atoms. The normalized spacial score (nSPS) is 16.0. The fourth-order valence-corrected chi connectivity index (χ4v) is 0.680. The smallest absolute Gasteiger partial charge is 1.00 e. The van der Waals surface area contributed by atoms with Gasteiger partial charge in [-0.2, -0.15) is 12.2 Å². The first-order chi connectivity index (χ1) is 5.00. The van der Waals surface area contributed by atoms with Crippen LogP contribution in [0.4, 0.5) is 0 Å². The van der Waals surface area contributed by atoms with E-state index < -0.39 is 0 Å². The van der Waals surface area contributed by atoms with Crippen LogP contribution in [-0.4, -0.2) is 0 Å². The summed E-state index contributed by atoms with van der Waals surface area (Å²) in [6.07, 6.45) is 20.0. The average Bonchev–Trinajstić information content (AvgIpc) is 2.67. The summed E-state index contributed by atoms with van der Waals surface area (Å²) in [5, 5.41) is 0. The van der Waals surface area contributed by atoms with Crippen molar-refractivity contribution in [1.29, 1.82) is 0 Å². The zero-order chi connectivity index (χ0) is 7.07. The van der Waals surface area contributed by atoms with E-state index in [4.69, 9.17) is 0 Å². The van der Waals surface area contributed by atoms with Crippen molar-refractivity contribution in [3.05, 3.63) is 48.6 Å². The van der Waals surface area contributed by atoms with Gasteiger partial charge in [-0.05, 0) is 0 Å². The van der Waals surface area contributed by atoms with Crippen LogP contribution < -0.4 is 0 Å². The molecule has 0 N–H and O–H groups in total. The molecule has 0 amide bonds. The maximum absolute atomic E-state index is 2.99. The number of rotatable bonds is 0. The molecule has 0 heterocycles. The number of hydrogen-bond donors (Lipinski definition) is 0. The fourth-order valence-electron chi connectivity index (χ4n) is 0.680. The van der Waals surface area contributed by atoms with Crippen LogP contribution in [0.3, 0.4) is 0 Å². The second-order valence-electron chi connectivity index (χ2n) is 2.01. The summed E-state index contributed by atoms with van der Waals surface area (Å²) in [6.45, 7) is 0. The molecule has 0 unspecified atom stereocenters. The number of hydrogen-bond acceptors (Lipinski definition) is 0. The first kappa shape index (κ1) is 10.7. The van der Waals surface area contributed by atoms with Crippen LogP contribution in [0.5, 0.6) is 0 Å². The molecule has 2 aliphatic carbocycles. The minimum Gasteiger partial charge on any atom is -1.00 e. The predicted octanol–water partition coefficient (Wildman–Crippen LogP) is 2.95. The van der Waals surface area contributed by atoms with E-state index in [0.29, 0.717) is 0 Å². The first-order valence-corrected chi connectivity index (χ1v) is 3.43. The average molecular weight is 314 g/mol. The summed E-state index contributed by atoms with van der Waals surface area (Å²) in [7, 11) is 0. The molecule has 0 spiro atoms. The SMILES string of the molecule is [C-]1=CC=CC1.[C-]1=CC=CC1.[H-].[H-].[H-].[Ta+5]. The molecule has 2 rings (SSSR count). The zero-order valence-electron chi connectivity index (χ0n) is 9.33. The van der Waals surface area contributed by atoms with Gasteiger partial charge in [0.2, 0.25) is 0 Å². The van der Waals surface area contributed by atoms with Crippen LogP contribution in [0.1, 0.15) is 17.1 Å². The van der Waals surface area contributed by atoms with E-state index in [0.717, 1.165) is 12.8 Å². The summed E-state index contributed by atoms with van der Waals surface area (Å²) >= 11 is 0. The standard InChI is InChI=1S/2C5H5.Ta.3H/c2*1-2-4-5-3-1;;;;/h2*1-3H,4H2;;;;/q2*-1;+5;3*-1. The van der Waals surface area contributed by atoms with E-state index in [1.54, 1.807) is 0 Å². The van der Waals surface area contributed by atoms with Crippen molar-refractivity contribution in [3.8, 4) is 0 Å². The van der Waals surface area contributed by atoms with Gasteiger partial charge in [-0.1, -0.05) is 0 Å². The molecule has 0 aromatic rings. The van der Waals surface area contributed by atoms with E-state index in [1.807, 2.05) is 24.3 Å². The molecule has 11 heavy (non-hydrogen) atoms. The topological polar surface area (TPSA) is 0 Å². The zero-order valence-corrected chi connectivity index (χ0v) is 9.54. The van der Waals surface area contributed by atoms with Crippen LogP contribution in [0.2, 0.25) is 0 Å². The molecular formula is C10H13Ta. The van der Waals surface area contributed by atoms with E-state index in [9.17, 15) is 0 Å². The van der Waals surface area contributed by atoms with Crippen molar-refractivity contribution in [2.24, 2.45) is 0 Å². The molecular weight excluding hydrogens is 301 g/mol. The van der Waals surface area contributed by atoms with E-state index >= 15 is 0 Å². The fraction of sp³-hybridized carbons (Fsp3) is 0.200. The molecule has 0 fully saturated rings. The summed E-state index contributed by atoms with van der Waals surface area (Å²) in [6, 6.07) is 0. The van der Waals surface area contributed by atoms with Gasteiger partial charge in [0.15, 0.2) is 0 Å².